The zero-order valence-corrected chi connectivity index (χ0v) is 9.59. The summed E-state index contributed by atoms with van der Waals surface area (Å²) in [5.41, 5.74) is 0. The van der Waals surface area contributed by atoms with Crippen molar-refractivity contribution in [1.82, 2.24) is 4.90 Å². The van der Waals surface area contributed by atoms with Crippen LogP contribution >= 0.6 is 12.6 Å². The van der Waals surface area contributed by atoms with E-state index in [1.165, 1.54) is 18.9 Å². The van der Waals surface area contributed by atoms with Gasteiger partial charge in [0.1, 0.15) is 6.04 Å². The van der Waals surface area contributed by atoms with Crippen molar-refractivity contribution in [3.05, 3.63) is 0 Å². The molecule has 13 heavy (non-hydrogen) atoms. The van der Waals surface area contributed by atoms with Gasteiger partial charge in [0.2, 0.25) is 5.91 Å². The minimum absolute atomic E-state index is 0.150. The quantitative estimate of drug-likeness (QED) is 0.532. The molecule has 0 fully saturated rings. The first-order chi connectivity index (χ1) is 6.00. The Hall–Kier alpha value is -0.710. The van der Waals surface area contributed by atoms with E-state index in [0.29, 0.717) is 0 Å². The summed E-state index contributed by atoms with van der Waals surface area (Å²) in [7, 11) is 2.86. The lowest BCUT2D eigenvalue weighted by atomic mass is 10.3. The molecule has 0 spiro atoms. The molecule has 0 aliphatic carbocycles. The van der Waals surface area contributed by atoms with Crippen molar-refractivity contribution in [3.63, 3.8) is 0 Å². The van der Waals surface area contributed by atoms with E-state index in [9.17, 15) is 9.59 Å². The van der Waals surface area contributed by atoms with E-state index in [2.05, 4.69) is 17.4 Å². The van der Waals surface area contributed by atoms with Crippen LogP contribution in [-0.4, -0.2) is 43.2 Å². The third kappa shape index (κ3) is 5.52. The largest absolute Gasteiger partial charge is 0.467 e. The van der Waals surface area contributed by atoms with Crippen molar-refractivity contribution in [1.29, 1.82) is 0 Å². The van der Waals surface area contributed by atoms with Crippen LogP contribution in [-0.2, 0) is 14.3 Å². The Morgan fingerprint density at radius 1 is 1.38 bits per heavy atom. The van der Waals surface area contributed by atoms with Crippen LogP contribution in [0.3, 0.4) is 0 Å². The third-order valence-corrected chi connectivity index (χ3v) is 1.62. The van der Waals surface area contributed by atoms with E-state index in [1.54, 1.807) is 20.2 Å². The van der Waals surface area contributed by atoms with Crippen LogP contribution in [0.2, 0.25) is 0 Å². The summed E-state index contributed by atoms with van der Waals surface area (Å²) in [5, 5.41) is 0. The molecule has 0 aromatic carbocycles. The minimum Gasteiger partial charge on any atom is -0.467 e. The van der Waals surface area contributed by atoms with Crippen molar-refractivity contribution in [3.8, 4) is 0 Å². The highest BCUT2D eigenvalue weighted by Crippen LogP contribution is 1.97. The van der Waals surface area contributed by atoms with Crippen LogP contribution in [0, 0.1) is 0 Å². The number of esters is 1. The fraction of sp³-hybridized carbons (Fsp3) is 0.750. The molecule has 0 bridgehead atoms. The number of carbonyl (C=O) groups excluding carboxylic acids is 2. The molecule has 1 atom stereocenters. The van der Waals surface area contributed by atoms with Crippen molar-refractivity contribution in [2.24, 2.45) is 0 Å². The van der Waals surface area contributed by atoms with E-state index in [0.717, 1.165) is 0 Å². The van der Waals surface area contributed by atoms with Gasteiger partial charge in [-0.25, -0.2) is 4.79 Å². The molecule has 0 saturated carbocycles. The van der Waals surface area contributed by atoms with Gasteiger partial charge in [-0.2, -0.15) is 12.6 Å². The second kappa shape index (κ2) is 7.91. The molecular weight excluding hydrogens is 190 g/mol. The minimum atomic E-state index is -0.502. The topological polar surface area (TPSA) is 46.6 Å². The molecule has 0 radical (unpaired) electrons. The number of ether oxygens (including phenoxy) is 1. The Morgan fingerprint density at radius 2 is 1.77 bits per heavy atom. The van der Waals surface area contributed by atoms with Gasteiger partial charge in [0.05, 0.1) is 7.11 Å². The molecule has 0 aromatic rings. The normalized spacial score (nSPS) is 10.6. The predicted molar refractivity (Wildman–Crippen MR) is 54.8 cm³/mol. The van der Waals surface area contributed by atoms with Crippen LogP contribution < -0.4 is 0 Å². The third-order valence-electron chi connectivity index (χ3n) is 1.62. The molecule has 1 unspecified atom stereocenters. The number of likely N-dealkylation sites (N-methyl/N-ethyl adjacent to an activating group) is 1. The van der Waals surface area contributed by atoms with Gasteiger partial charge in [0, 0.05) is 14.0 Å². The van der Waals surface area contributed by atoms with E-state index in [4.69, 9.17) is 0 Å². The zero-order valence-electron chi connectivity index (χ0n) is 8.70. The number of hydrogen-bond donors (Lipinski definition) is 1. The summed E-state index contributed by atoms with van der Waals surface area (Å²) >= 11 is 3.53. The molecule has 0 aliphatic heterocycles. The van der Waals surface area contributed by atoms with Crippen molar-refractivity contribution in [2.45, 2.75) is 19.9 Å². The van der Waals surface area contributed by atoms with Gasteiger partial charge in [0.25, 0.3) is 0 Å². The first-order valence-electron chi connectivity index (χ1n) is 3.76. The SMILES string of the molecule is COC(=O)C(C)N(C)C(C)=O.CS. The fourth-order valence-electron chi connectivity index (χ4n) is 0.601. The van der Waals surface area contributed by atoms with Gasteiger partial charge in [-0.3, -0.25) is 4.79 Å². The molecule has 0 aromatic heterocycles. The van der Waals surface area contributed by atoms with Gasteiger partial charge in [0.15, 0.2) is 0 Å². The maximum absolute atomic E-state index is 10.8. The molecule has 78 valence electrons. The Labute approximate surface area is 84.7 Å². The van der Waals surface area contributed by atoms with Gasteiger partial charge in [-0.05, 0) is 13.2 Å². The van der Waals surface area contributed by atoms with Crippen molar-refractivity contribution in [2.75, 3.05) is 20.4 Å². The van der Waals surface area contributed by atoms with Crippen LogP contribution in [0.5, 0.6) is 0 Å². The Bertz CT molecular complexity index is 173. The van der Waals surface area contributed by atoms with Crippen molar-refractivity contribution >= 4 is 24.5 Å². The van der Waals surface area contributed by atoms with E-state index in [-0.39, 0.29) is 5.91 Å². The molecule has 4 nitrogen and oxygen atoms in total. The second-order valence-electron chi connectivity index (χ2n) is 2.33. The fourth-order valence-corrected chi connectivity index (χ4v) is 0.601. The second-order valence-corrected chi connectivity index (χ2v) is 2.33. The maximum Gasteiger partial charge on any atom is 0.328 e. The van der Waals surface area contributed by atoms with Crippen LogP contribution in [0.4, 0.5) is 0 Å². The molecule has 0 aliphatic rings. The van der Waals surface area contributed by atoms with E-state index >= 15 is 0 Å². The van der Waals surface area contributed by atoms with E-state index < -0.39 is 12.0 Å². The maximum atomic E-state index is 10.8. The summed E-state index contributed by atoms with van der Waals surface area (Å²) in [5.74, 6) is -0.550. The number of rotatable bonds is 2. The van der Waals surface area contributed by atoms with Crippen molar-refractivity contribution < 1.29 is 14.3 Å². The van der Waals surface area contributed by atoms with Crippen LogP contribution in [0.1, 0.15) is 13.8 Å². The predicted octanol–water partition coefficient (Wildman–Crippen LogP) is 0.572. The lowest BCUT2D eigenvalue weighted by Gasteiger charge is -2.20. The van der Waals surface area contributed by atoms with E-state index in [1.807, 2.05) is 0 Å². The highest BCUT2D eigenvalue weighted by atomic mass is 32.1. The smallest absolute Gasteiger partial charge is 0.328 e. The number of thiol groups is 1. The summed E-state index contributed by atoms with van der Waals surface area (Å²) in [6.07, 6.45) is 1.69. The zero-order chi connectivity index (χ0) is 11.0. The summed E-state index contributed by atoms with van der Waals surface area (Å²) in [4.78, 5) is 22.9. The highest BCUT2D eigenvalue weighted by molar-refractivity contribution is 7.79. The summed E-state index contributed by atoms with van der Waals surface area (Å²) in [6.45, 7) is 3.02. The number of amides is 1. The standard InChI is InChI=1S/C7H13NO3.CH4S/c1-5(7(10)11-4)8(3)6(2)9;1-2/h5H,1-4H3;2H,1H3. The molecule has 0 saturated heterocycles. The lowest BCUT2D eigenvalue weighted by molar-refractivity contribution is -0.150. The molecule has 1 amide bonds. The highest BCUT2D eigenvalue weighted by Gasteiger charge is 2.19. The molecule has 5 heteroatoms. The monoisotopic (exact) mass is 207 g/mol. The van der Waals surface area contributed by atoms with Crippen LogP contribution in [0.25, 0.3) is 0 Å². The summed E-state index contributed by atoms with van der Waals surface area (Å²) in [6, 6.07) is -0.502. The Kier molecular flexibility index (Phi) is 9.01. The first-order valence-corrected chi connectivity index (χ1v) is 4.66. The molecule has 0 N–H and O–H groups in total. The number of carbonyl (C=O) groups is 2. The van der Waals surface area contributed by atoms with Gasteiger partial charge < -0.3 is 9.64 Å². The number of nitrogens with zero attached hydrogens (tertiary/aromatic N) is 1. The Balaban J connectivity index is 0. The molecular formula is C8H17NO3S. The number of methoxy groups -OCH3 is 1. The lowest BCUT2D eigenvalue weighted by Crippen LogP contribution is -2.39. The number of hydrogen-bond acceptors (Lipinski definition) is 4. The molecule has 0 rings (SSSR count). The van der Waals surface area contributed by atoms with Gasteiger partial charge in [-0.1, -0.05) is 0 Å². The summed E-state index contributed by atoms with van der Waals surface area (Å²) < 4.78 is 4.45. The van der Waals surface area contributed by atoms with Crippen LogP contribution in [0.15, 0.2) is 0 Å². The molecule has 0 heterocycles. The average molecular weight is 207 g/mol. The van der Waals surface area contributed by atoms with Gasteiger partial charge in [-0.15, -0.1) is 0 Å². The average Bonchev–Trinajstić information content (AvgIpc) is 2.17. The first kappa shape index (κ1) is 14.8. The van der Waals surface area contributed by atoms with Gasteiger partial charge >= 0.3 is 5.97 Å². The Morgan fingerprint density at radius 3 is 2.00 bits per heavy atom.